The number of hydrogen-bond donors (Lipinski definition) is 2. The molecule has 1 heterocycles. The highest BCUT2D eigenvalue weighted by atomic mass is 32.1. The molecule has 2 N–H and O–H groups in total. The highest BCUT2D eigenvalue weighted by Crippen LogP contribution is 2.27. The molecule has 0 amide bonds. The van der Waals surface area contributed by atoms with Gasteiger partial charge < -0.3 is 5.43 Å². The molecule has 0 saturated carbocycles. The zero-order valence-electron chi connectivity index (χ0n) is 10.2. The summed E-state index contributed by atoms with van der Waals surface area (Å²) in [6.45, 7) is 0.641. The van der Waals surface area contributed by atoms with Gasteiger partial charge in [-0.1, -0.05) is 24.3 Å². The van der Waals surface area contributed by atoms with Crippen LogP contribution in [0.5, 0.6) is 0 Å². The van der Waals surface area contributed by atoms with E-state index in [1.165, 1.54) is 17.4 Å². The number of para-hydroxylation sites is 1. The molecule has 0 aliphatic rings. The van der Waals surface area contributed by atoms with Crippen molar-refractivity contribution in [2.45, 2.75) is 6.54 Å². The average Bonchev–Trinajstić information content (AvgIpc) is 2.93. The number of fused-ring (bicyclic) bond motifs is 1. The maximum atomic E-state index is 13.6. The zero-order valence-corrected chi connectivity index (χ0v) is 11.0. The first-order valence-corrected chi connectivity index (χ1v) is 6.91. The first-order chi connectivity index (χ1) is 9.34. The molecular weight excluding hydrogens is 259 g/mol. The fourth-order valence-corrected chi connectivity index (χ4v) is 2.85. The molecule has 19 heavy (non-hydrogen) atoms. The molecule has 2 aromatic carbocycles. The van der Waals surface area contributed by atoms with Crippen LogP contribution in [-0.2, 0) is 6.54 Å². The Labute approximate surface area is 114 Å². The van der Waals surface area contributed by atoms with Gasteiger partial charge in [0.1, 0.15) is 5.82 Å². The summed E-state index contributed by atoms with van der Waals surface area (Å²) in [4.78, 5) is 0. The van der Waals surface area contributed by atoms with E-state index in [9.17, 15) is 4.39 Å². The van der Waals surface area contributed by atoms with Gasteiger partial charge in [0, 0.05) is 12.2 Å². The number of anilines is 1. The molecule has 0 saturated heterocycles. The lowest BCUT2D eigenvalue weighted by Crippen LogP contribution is -2.20. The highest BCUT2D eigenvalue weighted by molar-refractivity contribution is 7.17. The Morgan fingerprint density at radius 2 is 1.84 bits per heavy atom. The molecule has 3 rings (SSSR count). The quantitative estimate of drug-likeness (QED) is 0.697. The van der Waals surface area contributed by atoms with Crippen LogP contribution in [0.1, 0.15) is 5.56 Å². The lowest BCUT2D eigenvalue weighted by Gasteiger charge is -2.09. The van der Waals surface area contributed by atoms with Crippen molar-refractivity contribution < 1.29 is 4.39 Å². The van der Waals surface area contributed by atoms with Crippen molar-refractivity contribution in [3.63, 3.8) is 0 Å². The largest absolute Gasteiger partial charge is 0.321 e. The van der Waals surface area contributed by atoms with Crippen molar-refractivity contribution in [2.75, 3.05) is 5.43 Å². The zero-order chi connectivity index (χ0) is 13.1. The summed E-state index contributed by atoms with van der Waals surface area (Å²) < 4.78 is 14.3. The predicted molar refractivity (Wildman–Crippen MR) is 78.7 cm³/mol. The summed E-state index contributed by atoms with van der Waals surface area (Å²) in [5, 5.41) is 2.90. The van der Waals surface area contributed by atoms with E-state index in [0.29, 0.717) is 6.54 Å². The first kappa shape index (κ1) is 12.1. The van der Waals surface area contributed by atoms with E-state index in [1.807, 2.05) is 47.8 Å². The number of nitrogens with one attached hydrogen (secondary N) is 2. The van der Waals surface area contributed by atoms with Gasteiger partial charge in [0.2, 0.25) is 0 Å². The topological polar surface area (TPSA) is 24.1 Å². The minimum Gasteiger partial charge on any atom is -0.321 e. The molecule has 96 valence electrons. The maximum absolute atomic E-state index is 13.6. The van der Waals surface area contributed by atoms with Gasteiger partial charge in [0.15, 0.2) is 0 Å². The fraction of sp³-hybridized carbons (Fsp3) is 0.0667. The third-order valence-corrected chi connectivity index (χ3v) is 3.87. The lowest BCUT2D eigenvalue weighted by molar-refractivity contribution is 0.641. The van der Waals surface area contributed by atoms with E-state index >= 15 is 0 Å². The Morgan fingerprint density at radius 1 is 1.00 bits per heavy atom. The standard InChI is InChI=1S/C15H13FN2S/c16-14-7-6-11(13-8-9-19-15(13)14)10-17-18-12-4-2-1-3-5-12/h1-9,17-18H,10H2. The van der Waals surface area contributed by atoms with Gasteiger partial charge in [-0.3, -0.25) is 0 Å². The van der Waals surface area contributed by atoms with E-state index < -0.39 is 0 Å². The van der Waals surface area contributed by atoms with Crippen molar-refractivity contribution in [3.8, 4) is 0 Å². The molecule has 0 unspecified atom stereocenters. The minimum absolute atomic E-state index is 0.148. The molecule has 3 aromatic rings. The summed E-state index contributed by atoms with van der Waals surface area (Å²) in [6, 6.07) is 15.2. The highest BCUT2D eigenvalue weighted by Gasteiger charge is 2.06. The molecule has 0 radical (unpaired) electrons. The average molecular weight is 272 g/mol. The van der Waals surface area contributed by atoms with Crippen molar-refractivity contribution in [1.82, 2.24) is 5.43 Å². The molecule has 0 aliphatic heterocycles. The van der Waals surface area contributed by atoms with Crippen molar-refractivity contribution in [2.24, 2.45) is 0 Å². The Morgan fingerprint density at radius 3 is 2.68 bits per heavy atom. The van der Waals surface area contributed by atoms with Crippen LogP contribution in [0, 0.1) is 5.82 Å². The summed E-state index contributed by atoms with van der Waals surface area (Å²) in [5.41, 5.74) is 8.37. The second-order valence-corrected chi connectivity index (χ2v) is 5.13. The molecule has 2 nitrogen and oxygen atoms in total. The van der Waals surface area contributed by atoms with Crippen molar-refractivity contribution in [3.05, 3.63) is 65.3 Å². The number of hydrazine groups is 1. The minimum atomic E-state index is -0.148. The van der Waals surface area contributed by atoms with E-state index in [0.717, 1.165) is 21.3 Å². The Hall–Kier alpha value is -1.91. The van der Waals surface area contributed by atoms with Crippen molar-refractivity contribution in [1.29, 1.82) is 0 Å². The molecule has 0 atom stereocenters. The molecule has 0 aliphatic carbocycles. The van der Waals surface area contributed by atoms with Crippen LogP contribution < -0.4 is 10.9 Å². The Balaban J connectivity index is 1.72. The molecule has 4 heteroatoms. The number of rotatable bonds is 4. The fourth-order valence-electron chi connectivity index (χ4n) is 2.00. The van der Waals surface area contributed by atoms with E-state index in [1.54, 1.807) is 0 Å². The second kappa shape index (κ2) is 5.38. The van der Waals surface area contributed by atoms with Crippen LogP contribution >= 0.6 is 11.3 Å². The van der Waals surface area contributed by atoms with Crippen LogP contribution in [0.15, 0.2) is 53.9 Å². The molecule has 0 bridgehead atoms. The van der Waals surface area contributed by atoms with Crippen LogP contribution in [0.25, 0.3) is 10.1 Å². The Bertz CT molecular complexity index is 679. The van der Waals surface area contributed by atoms with Crippen LogP contribution in [0.3, 0.4) is 0 Å². The predicted octanol–water partition coefficient (Wildman–Crippen LogP) is 4.16. The van der Waals surface area contributed by atoms with Gasteiger partial charge >= 0.3 is 0 Å². The molecule has 1 aromatic heterocycles. The molecular formula is C15H13FN2S. The van der Waals surface area contributed by atoms with E-state index in [4.69, 9.17) is 0 Å². The van der Waals surface area contributed by atoms with Crippen LogP contribution in [0.4, 0.5) is 10.1 Å². The van der Waals surface area contributed by atoms with E-state index in [2.05, 4.69) is 10.9 Å². The van der Waals surface area contributed by atoms with Gasteiger partial charge in [-0.2, -0.15) is 0 Å². The van der Waals surface area contributed by atoms with Gasteiger partial charge in [-0.05, 0) is 40.6 Å². The monoisotopic (exact) mass is 272 g/mol. The number of benzene rings is 2. The Kier molecular flexibility index (Phi) is 3.44. The summed E-state index contributed by atoms with van der Waals surface area (Å²) in [7, 11) is 0. The van der Waals surface area contributed by atoms with Gasteiger partial charge in [-0.25, -0.2) is 9.82 Å². The van der Waals surface area contributed by atoms with Crippen molar-refractivity contribution >= 4 is 27.1 Å². The third kappa shape index (κ3) is 2.59. The van der Waals surface area contributed by atoms with Crippen LogP contribution in [0.2, 0.25) is 0 Å². The summed E-state index contributed by atoms with van der Waals surface area (Å²) in [6.07, 6.45) is 0. The van der Waals surface area contributed by atoms with Gasteiger partial charge in [-0.15, -0.1) is 11.3 Å². The molecule has 0 fully saturated rings. The third-order valence-electron chi connectivity index (χ3n) is 2.94. The summed E-state index contributed by atoms with van der Waals surface area (Å²) in [5.74, 6) is -0.148. The number of thiophene rings is 1. The first-order valence-electron chi connectivity index (χ1n) is 6.03. The maximum Gasteiger partial charge on any atom is 0.141 e. The SMILES string of the molecule is Fc1ccc(CNNc2ccccc2)c2ccsc12. The number of halogens is 1. The van der Waals surface area contributed by atoms with Gasteiger partial charge in [0.25, 0.3) is 0 Å². The normalized spacial score (nSPS) is 10.8. The van der Waals surface area contributed by atoms with E-state index in [-0.39, 0.29) is 5.82 Å². The number of hydrogen-bond acceptors (Lipinski definition) is 3. The summed E-state index contributed by atoms with van der Waals surface area (Å²) >= 11 is 1.43. The molecule has 0 spiro atoms. The lowest BCUT2D eigenvalue weighted by atomic mass is 10.1. The smallest absolute Gasteiger partial charge is 0.141 e. The second-order valence-electron chi connectivity index (χ2n) is 4.21. The van der Waals surface area contributed by atoms with Crippen LogP contribution in [-0.4, -0.2) is 0 Å². The van der Waals surface area contributed by atoms with Gasteiger partial charge in [0.05, 0.1) is 4.70 Å².